The van der Waals surface area contributed by atoms with Crippen molar-refractivity contribution < 1.29 is 13.6 Å². The molecule has 2 aromatic rings. The molecule has 3 nitrogen and oxygen atoms in total. The molecule has 0 amide bonds. The van der Waals surface area contributed by atoms with Crippen molar-refractivity contribution in [2.75, 3.05) is 6.54 Å². The van der Waals surface area contributed by atoms with E-state index in [0.29, 0.717) is 48.4 Å². The summed E-state index contributed by atoms with van der Waals surface area (Å²) in [7, 11) is 0. The molecule has 2 heterocycles. The number of alkyl halides is 2. The zero-order valence-corrected chi connectivity index (χ0v) is 19.3. The molecule has 1 aliphatic carbocycles. The Labute approximate surface area is 188 Å². The molecule has 1 saturated heterocycles. The number of nitrogens with zero attached hydrogens (tertiary/aromatic N) is 2. The first-order chi connectivity index (χ1) is 14.7. The minimum atomic E-state index is -2.52. The summed E-state index contributed by atoms with van der Waals surface area (Å²) in [4.78, 5) is 15.7. The van der Waals surface area contributed by atoms with Crippen LogP contribution in [0.15, 0.2) is 24.4 Å². The maximum atomic E-state index is 13.4. The number of aromatic nitrogens is 1. The van der Waals surface area contributed by atoms with Crippen molar-refractivity contribution in [3.05, 3.63) is 35.0 Å². The van der Waals surface area contributed by atoms with E-state index in [1.165, 1.54) is 6.42 Å². The zero-order chi connectivity index (χ0) is 22.2. The summed E-state index contributed by atoms with van der Waals surface area (Å²) in [5.74, 6) is -2.24. The number of hydrogen-bond acceptors (Lipinski definition) is 2. The lowest BCUT2D eigenvalue weighted by atomic mass is 9.83. The standard InChI is InChI=1S/C25H33ClF2N2O/c1-17(2)30-14-4-5-19(30)15-29-16-20(24-21(26)6-3-7-22(24)29)23(31)9-8-18-10-12-25(27,28)13-11-18/h3,6-7,16-19H,4-5,8-15H2,1-2H3. The first kappa shape index (κ1) is 22.7. The van der Waals surface area contributed by atoms with Gasteiger partial charge in [0.05, 0.1) is 10.5 Å². The maximum Gasteiger partial charge on any atom is 0.248 e. The summed E-state index contributed by atoms with van der Waals surface area (Å²) in [6.07, 6.45) is 6.33. The maximum absolute atomic E-state index is 13.4. The molecule has 2 aliphatic rings. The van der Waals surface area contributed by atoms with Crippen LogP contribution in [0.4, 0.5) is 8.78 Å². The molecule has 0 N–H and O–H groups in total. The third-order valence-electron chi connectivity index (χ3n) is 7.27. The number of carbonyl (C=O) groups is 1. The molecule has 1 saturated carbocycles. The molecule has 0 spiro atoms. The molecule has 1 aromatic heterocycles. The van der Waals surface area contributed by atoms with Crippen LogP contribution in [0.3, 0.4) is 0 Å². The number of fused-ring (bicyclic) bond motifs is 1. The first-order valence-corrected chi connectivity index (χ1v) is 12.1. The molecule has 1 aromatic carbocycles. The summed E-state index contributed by atoms with van der Waals surface area (Å²) >= 11 is 6.54. The molecule has 0 radical (unpaired) electrons. The molecule has 170 valence electrons. The highest BCUT2D eigenvalue weighted by molar-refractivity contribution is 6.37. The molecule has 4 rings (SSSR count). The number of benzene rings is 1. The van der Waals surface area contributed by atoms with Crippen LogP contribution < -0.4 is 0 Å². The van der Waals surface area contributed by atoms with Crippen LogP contribution in [-0.4, -0.2) is 39.8 Å². The Bertz CT molecular complexity index is 929. The van der Waals surface area contributed by atoms with Crippen molar-refractivity contribution in [3.63, 3.8) is 0 Å². The van der Waals surface area contributed by atoms with E-state index in [2.05, 4.69) is 23.3 Å². The Morgan fingerprint density at radius 3 is 2.68 bits per heavy atom. The fraction of sp³-hybridized carbons (Fsp3) is 0.640. The van der Waals surface area contributed by atoms with E-state index in [-0.39, 0.29) is 24.5 Å². The van der Waals surface area contributed by atoms with Crippen molar-refractivity contribution in [2.24, 2.45) is 5.92 Å². The normalized spacial score (nSPS) is 22.6. The molecule has 6 heteroatoms. The fourth-order valence-corrected chi connectivity index (χ4v) is 5.76. The molecule has 2 fully saturated rings. The van der Waals surface area contributed by atoms with E-state index in [4.69, 9.17) is 11.6 Å². The van der Waals surface area contributed by atoms with Gasteiger partial charge in [-0.3, -0.25) is 9.69 Å². The molecule has 0 bridgehead atoms. The Morgan fingerprint density at radius 2 is 1.97 bits per heavy atom. The summed E-state index contributed by atoms with van der Waals surface area (Å²) in [6, 6.07) is 6.77. The van der Waals surface area contributed by atoms with E-state index in [1.54, 1.807) is 0 Å². The van der Waals surface area contributed by atoms with E-state index in [9.17, 15) is 13.6 Å². The van der Waals surface area contributed by atoms with Crippen molar-refractivity contribution in [2.45, 2.75) is 89.8 Å². The van der Waals surface area contributed by atoms with Crippen molar-refractivity contribution in [1.29, 1.82) is 0 Å². The Kier molecular flexibility index (Phi) is 6.73. The minimum absolute atomic E-state index is 0.0509. The van der Waals surface area contributed by atoms with Gasteiger partial charge in [0.2, 0.25) is 5.92 Å². The van der Waals surface area contributed by atoms with E-state index in [0.717, 1.165) is 30.4 Å². The van der Waals surface area contributed by atoms with E-state index in [1.807, 2.05) is 24.4 Å². The lowest BCUT2D eigenvalue weighted by molar-refractivity contribution is -0.0464. The predicted octanol–water partition coefficient (Wildman–Crippen LogP) is 6.96. The van der Waals surface area contributed by atoms with Gasteiger partial charge in [-0.2, -0.15) is 0 Å². The highest BCUT2D eigenvalue weighted by Gasteiger charge is 2.35. The third kappa shape index (κ3) is 4.98. The molecule has 1 unspecified atom stereocenters. The first-order valence-electron chi connectivity index (χ1n) is 11.7. The van der Waals surface area contributed by atoms with Crippen molar-refractivity contribution in [1.82, 2.24) is 9.47 Å². The zero-order valence-electron chi connectivity index (χ0n) is 18.5. The van der Waals surface area contributed by atoms with Crippen LogP contribution in [-0.2, 0) is 6.54 Å². The van der Waals surface area contributed by atoms with Crippen LogP contribution in [0.25, 0.3) is 10.9 Å². The van der Waals surface area contributed by atoms with E-state index >= 15 is 0 Å². The lowest BCUT2D eigenvalue weighted by Crippen LogP contribution is -2.37. The smallest absolute Gasteiger partial charge is 0.248 e. The molecule has 31 heavy (non-hydrogen) atoms. The van der Waals surface area contributed by atoms with Gasteiger partial charge < -0.3 is 4.57 Å². The van der Waals surface area contributed by atoms with Gasteiger partial charge in [0.25, 0.3) is 0 Å². The highest BCUT2D eigenvalue weighted by atomic mass is 35.5. The second-order valence-corrected chi connectivity index (χ2v) is 10.1. The van der Waals surface area contributed by atoms with Crippen LogP contribution in [0, 0.1) is 5.92 Å². The topological polar surface area (TPSA) is 25.2 Å². The molecule has 1 atom stereocenters. The minimum Gasteiger partial charge on any atom is -0.345 e. The average molecular weight is 451 g/mol. The largest absolute Gasteiger partial charge is 0.345 e. The summed E-state index contributed by atoms with van der Waals surface area (Å²) < 4.78 is 29.0. The number of ketones is 1. The lowest BCUT2D eigenvalue weighted by Gasteiger charge is -2.28. The van der Waals surface area contributed by atoms with Crippen LogP contribution in [0.1, 0.15) is 75.6 Å². The van der Waals surface area contributed by atoms with Gasteiger partial charge in [-0.25, -0.2) is 8.78 Å². The number of carbonyl (C=O) groups excluding carboxylic acids is 1. The number of likely N-dealkylation sites (tertiary alicyclic amines) is 1. The van der Waals surface area contributed by atoms with Crippen molar-refractivity contribution >= 4 is 28.3 Å². The SMILES string of the molecule is CC(C)N1CCCC1Cn1cc(C(=O)CCC2CCC(F)(F)CC2)c2c(Cl)cccc21. The molecular weight excluding hydrogens is 418 g/mol. The second kappa shape index (κ2) is 9.19. The quantitative estimate of drug-likeness (QED) is 0.426. The number of hydrogen-bond donors (Lipinski definition) is 0. The highest BCUT2D eigenvalue weighted by Crippen LogP contribution is 2.38. The fourth-order valence-electron chi connectivity index (χ4n) is 5.49. The van der Waals surface area contributed by atoms with Crippen molar-refractivity contribution in [3.8, 4) is 0 Å². The monoisotopic (exact) mass is 450 g/mol. The van der Waals surface area contributed by atoms with Crippen LogP contribution >= 0.6 is 11.6 Å². The van der Waals surface area contributed by atoms with Gasteiger partial charge in [0.1, 0.15) is 0 Å². The summed E-state index contributed by atoms with van der Waals surface area (Å²) in [5.41, 5.74) is 1.68. The van der Waals surface area contributed by atoms with Gasteiger partial charge in [-0.1, -0.05) is 17.7 Å². The van der Waals surface area contributed by atoms with Gasteiger partial charge in [-0.15, -0.1) is 0 Å². The Morgan fingerprint density at radius 1 is 1.23 bits per heavy atom. The van der Waals surface area contributed by atoms with Gasteiger partial charge in [-0.05, 0) is 70.5 Å². The average Bonchev–Trinajstić information content (AvgIpc) is 3.33. The van der Waals surface area contributed by atoms with Gasteiger partial charge in [0.15, 0.2) is 5.78 Å². The predicted molar refractivity (Wildman–Crippen MR) is 122 cm³/mol. The number of rotatable bonds is 7. The number of Topliss-reactive ketones (excluding diaryl/α,β-unsaturated/α-hetero) is 1. The molecule has 1 aliphatic heterocycles. The third-order valence-corrected chi connectivity index (χ3v) is 7.58. The molecular formula is C25H33ClF2N2O. The van der Waals surface area contributed by atoms with Crippen LogP contribution in [0.5, 0.6) is 0 Å². The summed E-state index contributed by atoms with van der Waals surface area (Å²) in [5, 5.41) is 1.43. The summed E-state index contributed by atoms with van der Waals surface area (Å²) in [6.45, 7) is 6.44. The number of halogens is 3. The second-order valence-electron chi connectivity index (χ2n) is 9.72. The van der Waals surface area contributed by atoms with Crippen LogP contribution in [0.2, 0.25) is 5.02 Å². The van der Waals surface area contributed by atoms with Gasteiger partial charge >= 0.3 is 0 Å². The Balaban J connectivity index is 1.52. The Hall–Kier alpha value is -1.46. The van der Waals surface area contributed by atoms with Gasteiger partial charge in [0, 0.05) is 55.0 Å². The van der Waals surface area contributed by atoms with E-state index < -0.39 is 5.92 Å².